The third kappa shape index (κ3) is 1.42. The first kappa shape index (κ1) is 8.66. The smallest absolute Gasteiger partial charge is 0.275 e. The van der Waals surface area contributed by atoms with Crippen LogP contribution in [0.1, 0.15) is 0 Å². The molecule has 0 aliphatic carbocycles. The van der Waals surface area contributed by atoms with E-state index >= 15 is 0 Å². The van der Waals surface area contributed by atoms with Crippen molar-refractivity contribution in [1.29, 1.82) is 0 Å². The minimum atomic E-state index is -0.194. The number of nitrogens with zero attached hydrogens (tertiary/aromatic N) is 1. The molecule has 0 unspecified atom stereocenters. The van der Waals surface area contributed by atoms with Gasteiger partial charge in [0.2, 0.25) is 0 Å². The highest BCUT2D eigenvalue weighted by molar-refractivity contribution is 5.93. The second-order valence-electron chi connectivity index (χ2n) is 2.42. The highest BCUT2D eigenvalue weighted by Gasteiger charge is 2.20. The average molecular weight is 172 g/mol. The van der Waals surface area contributed by atoms with Crippen LogP contribution >= 0.6 is 0 Å². The van der Waals surface area contributed by atoms with Crippen LogP contribution in [0, 0.1) is 0 Å². The number of hydrogen-bond acceptors (Lipinski definition) is 5. The molecule has 0 saturated heterocycles. The van der Waals surface area contributed by atoms with Crippen LogP contribution in [0.15, 0.2) is 11.5 Å². The summed E-state index contributed by atoms with van der Waals surface area (Å²) in [5.74, 6) is 0.00634. The average Bonchev–Trinajstić information content (AvgIpc) is 2.14. The molecular formula is C6H12N4O2. The predicted molar refractivity (Wildman–Crippen MR) is 42.1 cm³/mol. The maximum Gasteiger partial charge on any atom is 0.275 e. The van der Waals surface area contributed by atoms with Gasteiger partial charge >= 0.3 is 0 Å². The molecular weight excluding hydrogens is 160 g/mol. The monoisotopic (exact) mass is 172 g/mol. The molecule has 0 aromatic carbocycles. The molecule has 68 valence electrons. The number of hydroxylamine groups is 1. The van der Waals surface area contributed by atoms with Gasteiger partial charge in [-0.05, 0) is 0 Å². The third-order valence-electron chi connectivity index (χ3n) is 1.52. The predicted octanol–water partition coefficient (Wildman–Crippen LogP) is -1.72. The summed E-state index contributed by atoms with van der Waals surface area (Å²) in [6.45, 7) is 0.171. The van der Waals surface area contributed by atoms with Crippen molar-refractivity contribution >= 4 is 5.91 Å². The van der Waals surface area contributed by atoms with Crippen molar-refractivity contribution in [3.05, 3.63) is 11.5 Å². The van der Waals surface area contributed by atoms with Crippen molar-refractivity contribution in [2.75, 3.05) is 20.8 Å². The van der Waals surface area contributed by atoms with Gasteiger partial charge in [-0.15, -0.1) is 0 Å². The van der Waals surface area contributed by atoms with E-state index in [1.165, 1.54) is 4.90 Å². The molecule has 6 nitrogen and oxygen atoms in total. The first-order valence-electron chi connectivity index (χ1n) is 3.47. The van der Waals surface area contributed by atoms with Crippen LogP contribution in [0.5, 0.6) is 0 Å². The largest absolute Gasteiger partial charge is 0.382 e. The molecule has 4 N–H and O–H groups in total. The lowest BCUT2D eigenvalue weighted by Crippen LogP contribution is -2.33. The summed E-state index contributed by atoms with van der Waals surface area (Å²) in [4.78, 5) is 17.6. The van der Waals surface area contributed by atoms with Gasteiger partial charge in [-0.25, -0.2) is 5.48 Å². The minimum absolute atomic E-state index is 0.171. The van der Waals surface area contributed by atoms with E-state index in [9.17, 15) is 4.79 Å². The van der Waals surface area contributed by atoms with Gasteiger partial charge in [0.15, 0.2) is 0 Å². The highest BCUT2D eigenvalue weighted by atomic mass is 16.7. The van der Waals surface area contributed by atoms with Gasteiger partial charge in [0.05, 0.1) is 0 Å². The fraction of sp³-hybridized carbons (Fsp3) is 0.500. The summed E-state index contributed by atoms with van der Waals surface area (Å²) >= 11 is 0. The molecule has 0 aromatic heterocycles. The Bertz CT molecular complexity index is 226. The first-order chi connectivity index (χ1) is 5.66. The number of hydrogen-bond donors (Lipinski definition) is 3. The van der Waals surface area contributed by atoms with Crippen LogP contribution in [0.4, 0.5) is 0 Å². The van der Waals surface area contributed by atoms with Gasteiger partial charge in [-0.3, -0.25) is 9.63 Å². The molecule has 0 saturated carbocycles. The fourth-order valence-electron chi connectivity index (χ4n) is 0.864. The lowest BCUT2D eigenvalue weighted by molar-refractivity contribution is -0.131. The summed E-state index contributed by atoms with van der Waals surface area (Å²) < 4.78 is 0. The molecule has 0 spiro atoms. The van der Waals surface area contributed by atoms with E-state index < -0.39 is 0 Å². The van der Waals surface area contributed by atoms with Gasteiger partial charge in [-0.1, -0.05) is 0 Å². The molecule has 0 fully saturated rings. The van der Waals surface area contributed by atoms with Gasteiger partial charge in [-0.2, -0.15) is 0 Å². The number of likely N-dealkylation sites (N-methyl/N-ethyl adjacent to an activating group) is 2. The van der Waals surface area contributed by atoms with Crippen LogP contribution in [0.25, 0.3) is 0 Å². The number of nitrogens with one attached hydrogen (secondary N) is 2. The first-order valence-corrected chi connectivity index (χ1v) is 3.47. The van der Waals surface area contributed by atoms with E-state index in [2.05, 4.69) is 10.8 Å². The minimum Gasteiger partial charge on any atom is -0.382 e. The number of amides is 1. The van der Waals surface area contributed by atoms with Gasteiger partial charge < -0.3 is 16.0 Å². The van der Waals surface area contributed by atoms with Gasteiger partial charge in [0, 0.05) is 14.1 Å². The van der Waals surface area contributed by atoms with Crippen molar-refractivity contribution in [1.82, 2.24) is 15.7 Å². The van der Waals surface area contributed by atoms with Gasteiger partial charge in [0.25, 0.3) is 5.91 Å². The number of rotatable bonds is 1. The summed E-state index contributed by atoms with van der Waals surface area (Å²) in [5, 5.41) is 2.69. The number of carbonyl (C=O) groups excluding carboxylic acids is 1. The SMILES string of the molecule is CNC1=C(N)NOCN(C)C1=O. The van der Waals surface area contributed by atoms with Gasteiger partial charge in [0.1, 0.15) is 18.2 Å². The number of carbonyl (C=O) groups is 1. The Labute approximate surface area is 70.3 Å². The summed E-state index contributed by atoms with van der Waals surface area (Å²) in [5.41, 5.74) is 8.23. The molecule has 1 amide bonds. The van der Waals surface area contributed by atoms with Crippen molar-refractivity contribution < 1.29 is 9.63 Å². The zero-order valence-electron chi connectivity index (χ0n) is 7.05. The second kappa shape index (κ2) is 3.31. The van der Waals surface area contributed by atoms with Crippen LogP contribution in [0.2, 0.25) is 0 Å². The zero-order chi connectivity index (χ0) is 9.14. The Hall–Kier alpha value is -1.43. The van der Waals surface area contributed by atoms with Crippen LogP contribution in [-0.4, -0.2) is 31.6 Å². The van der Waals surface area contributed by atoms with E-state index in [1.807, 2.05) is 0 Å². The number of nitrogens with two attached hydrogens (primary N) is 1. The van der Waals surface area contributed by atoms with Crippen LogP contribution in [-0.2, 0) is 9.63 Å². The van der Waals surface area contributed by atoms with E-state index in [-0.39, 0.29) is 18.5 Å². The normalized spacial score (nSPS) is 18.8. The quantitative estimate of drug-likeness (QED) is 0.438. The molecule has 1 aliphatic heterocycles. The van der Waals surface area contributed by atoms with Crippen molar-refractivity contribution in [3.8, 4) is 0 Å². The van der Waals surface area contributed by atoms with E-state index in [0.717, 1.165) is 0 Å². The van der Waals surface area contributed by atoms with Crippen LogP contribution in [0.3, 0.4) is 0 Å². The summed E-state index contributed by atoms with van der Waals surface area (Å²) in [6.07, 6.45) is 0. The van der Waals surface area contributed by atoms with E-state index in [0.29, 0.717) is 5.70 Å². The lowest BCUT2D eigenvalue weighted by Gasteiger charge is -2.13. The second-order valence-corrected chi connectivity index (χ2v) is 2.42. The fourth-order valence-corrected chi connectivity index (χ4v) is 0.864. The Morgan fingerprint density at radius 3 is 3.00 bits per heavy atom. The summed E-state index contributed by atoms with van der Waals surface area (Å²) in [7, 11) is 3.25. The molecule has 12 heavy (non-hydrogen) atoms. The Balaban J connectivity index is 2.91. The molecule has 1 aliphatic rings. The maximum atomic E-state index is 11.4. The standard InChI is InChI=1S/C6H12N4O2/c1-8-4-5(7)9-12-3-10(2)6(4)11/h8-9H,3,7H2,1-2H3. The molecule has 1 rings (SSSR count). The molecule has 0 aromatic rings. The maximum absolute atomic E-state index is 11.4. The lowest BCUT2D eigenvalue weighted by atomic mass is 10.4. The summed E-state index contributed by atoms with van der Waals surface area (Å²) in [6, 6.07) is 0. The van der Waals surface area contributed by atoms with E-state index in [1.54, 1.807) is 14.1 Å². The topological polar surface area (TPSA) is 79.6 Å². The van der Waals surface area contributed by atoms with Crippen molar-refractivity contribution in [2.24, 2.45) is 5.73 Å². The highest BCUT2D eigenvalue weighted by Crippen LogP contribution is 2.01. The zero-order valence-corrected chi connectivity index (χ0v) is 7.05. The van der Waals surface area contributed by atoms with Crippen molar-refractivity contribution in [3.63, 3.8) is 0 Å². The Morgan fingerprint density at radius 2 is 2.42 bits per heavy atom. The third-order valence-corrected chi connectivity index (χ3v) is 1.52. The van der Waals surface area contributed by atoms with E-state index in [4.69, 9.17) is 10.6 Å². The Kier molecular flexibility index (Phi) is 2.39. The Morgan fingerprint density at radius 1 is 1.75 bits per heavy atom. The molecule has 6 heteroatoms. The molecule has 0 atom stereocenters. The van der Waals surface area contributed by atoms with Crippen molar-refractivity contribution in [2.45, 2.75) is 0 Å². The molecule has 0 bridgehead atoms. The molecule has 1 heterocycles. The molecule has 0 radical (unpaired) electrons. The van der Waals surface area contributed by atoms with Crippen LogP contribution < -0.4 is 16.5 Å².